The Kier molecular flexibility index (Phi) is 4.28. The van der Waals surface area contributed by atoms with Gasteiger partial charge in [0.1, 0.15) is 0 Å². The first-order valence-corrected chi connectivity index (χ1v) is 5.35. The molecule has 17 heavy (non-hydrogen) atoms. The molecule has 0 bridgehead atoms. The lowest BCUT2D eigenvalue weighted by Crippen LogP contribution is -2.29. The fourth-order valence-corrected chi connectivity index (χ4v) is 1.65. The third kappa shape index (κ3) is 3.92. The van der Waals surface area contributed by atoms with Crippen molar-refractivity contribution in [3.8, 4) is 0 Å². The van der Waals surface area contributed by atoms with E-state index in [1.54, 1.807) is 6.07 Å². The molecule has 0 aliphatic carbocycles. The van der Waals surface area contributed by atoms with E-state index in [1.165, 1.54) is 12.1 Å². The smallest absolute Gasteiger partial charge is 0.271 e. The van der Waals surface area contributed by atoms with Crippen LogP contribution >= 0.6 is 0 Å². The van der Waals surface area contributed by atoms with E-state index in [0.717, 1.165) is 12.2 Å². The van der Waals surface area contributed by atoms with Crippen molar-refractivity contribution in [3.05, 3.63) is 28.3 Å². The summed E-state index contributed by atoms with van der Waals surface area (Å²) in [6, 6.07) is 4.67. The van der Waals surface area contributed by atoms with Crippen LogP contribution in [0.3, 0.4) is 0 Å². The molecule has 0 saturated heterocycles. The van der Waals surface area contributed by atoms with Crippen LogP contribution in [0.15, 0.2) is 18.2 Å². The highest BCUT2D eigenvalue weighted by Gasteiger charge is 2.10. The van der Waals surface area contributed by atoms with Crippen molar-refractivity contribution in [1.82, 2.24) is 4.90 Å². The topological polar surface area (TPSA) is 84.4 Å². The zero-order chi connectivity index (χ0) is 13.0. The number of benzene rings is 1. The van der Waals surface area contributed by atoms with Crippen LogP contribution in [0.5, 0.6) is 0 Å². The first-order valence-electron chi connectivity index (χ1n) is 5.35. The number of nitrogens with zero attached hydrogens (tertiary/aromatic N) is 2. The maximum absolute atomic E-state index is 10.6. The highest BCUT2D eigenvalue weighted by molar-refractivity contribution is 5.69. The van der Waals surface area contributed by atoms with E-state index in [4.69, 9.17) is 5.73 Å². The normalized spacial score (nSPS) is 12.5. The largest absolute Gasteiger partial charge is 0.397 e. The predicted octanol–water partition coefficient (Wildman–Crippen LogP) is 1.54. The number of hydrogen-bond donors (Lipinski definition) is 2. The van der Waals surface area contributed by atoms with Gasteiger partial charge in [0.2, 0.25) is 0 Å². The van der Waals surface area contributed by atoms with Crippen molar-refractivity contribution in [2.45, 2.75) is 13.0 Å². The average molecular weight is 238 g/mol. The zero-order valence-corrected chi connectivity index (χ0v) is 10.3. The van der Waals surface area contributed by atoms with E-state index in [2.05, 4.69) is 10.2 Å². The molecule has 0 heterocycles. The van der Waals surface area contributed by atoms with Crippen LogP contribution in [0.25, 0.3) is 0 Å². The van der Waals surface area contributed by atoms with Gasteiger partial charge in [0.25, 0.3) is 5.69 Å². The SMILES string of the molecule is CC(CN(C)C)Nc1ccc([N+](=O)[O-])cc1N. The quantitative estimate of drug-likeness (QED) is 0.462. The van der Waals surface area contributed by atoms with Gasteiger partial charge in [-0.3, -0.25) is 10.1 Å². The Balaban J connectivity index is 2.75. The number of nitrogen functional groups attached to an aromatic ring is 1. The highest BCUT2D eigenvalue weighted by atomic mass is 16.6. The Hall–Kier alpha value is -1.82. The molecule has 0 fully saturated rings. The van der Waals surface area contributed by atoms with Gasteiger partial charge >= 0.3 is 0 Å². The Morgan fingerprint density at radius 3 is 2.65 bits per heavy atom. The standard InChI is InChI=1S/C11H18N4O2/c1-8(7-14(2)3)13-11-5-4-9(15(16)17)6-10(11)12/h4-6,8,13H,7,12H2,1-3H3. The Labute approximate surface area is 101 Å². The second kappa shape index (κ2) is 5.49. The Morgan fingerprint density at radius 1 is 1.53 bits per heavy atom. The molecule has 1 unspecified atom stereocenters. The molecule has 6 heteroatoms. The van der Waals surface area contributed by atoms with Crippen LogP contribution < -0.4 is 11.1 Å². The number of hydrogen-bond acceptors (Lipinski definition) is 5. The predicted molar refractivity (Wildman–Crippen MR) is 69.1 cm³/mol. The minimum atomic E-state index is -0.455. The molecule has 1 aromatic carbocycles. The lowest BCUT2D eigenvalue weighted by Gasteiger charge is -2.20. The molecule has 6 nitrogen and oxygen atoms in total. The van der Waals surface area contributed by atoms with Gasteiger partial charge in [-0.05, 0) is 27.1 Å². The van der Waals surface area contributed by atoms with Crippen LogP contribution in [-0.4, -0.2) is 36.5 Å². The summed E-state index contributed by atoms with van der Waals surface area (Å²) in [4.78, 5) is 12.2. The van der Waals surface area contributed by atoms with Crippen molar-refractivity contribution in [2.75, 3.05) is 31.7 Å². The summed E-state index contributed by atoms with van der Waals surface area (Å²) in [5.74, 6) is 0. The van der Waals surface area contributed by atoms with Crippen molar-refractivity contribution in [3.63, 3.8) is 0 Å². The molecule has 0 aromatic heterocycles. The lowest BCUT2D eigenvalue weighted by molar-refractivity contribution is -0.384. The second-order valence-electron chi connectivity index (χ2n) is 4.34. The number of nitrogens with two attached hydrogens (primary N) is 1. The molecule has 1 rings (SSSR count). The van der Waals surface area contributed by atoms with Gasteiger partial charge in [0, 0.05) is 24.7 Å². The molecule has 1 aromatic rings. The molecule has 0 amide bonds. The summed E-state index contributed by atoms with van der Waals surface area (Å²) < 4.78 is 0. The number of nitro benzene ring substituents is 1. The van der Waals surface area contributed by atoms with Gasteiger partial charge in [0.15, 0.2) is 0 Å². The summed E-state index contributed by atoms with van der Waals surface area (Å²) in [5.41, 5.74) is 6.89. The van der Waals surface area contributed by atoms with Crippen molar-refractivity contribution >= 4 is 17.1 Å². The number of nitrogens with one attached hydrogen (secondary N) is 1. The first-order chi connectivity index (χ1) is 7.90. The van der Waals surface area contributed by atoms with Crippen LogP contribution in [0.1, 0.15) is 6.92 Å². The number of non-ortho nitro benzene ring substituents is 1. The fourth-order valence-electron chi connectivity index (χ4n) is 1.65. The lowest BCUT2D eigenvalue weighted by atomic mass is 10.2. The van der Waals surface area contributed by atoms with Gasteiger partial charge in [-0.1, -0.05) is 0 Å². The van der Waals surface area contributed by atoms with Crippen LogP contribution in [0.2, 0.25) is 0 Å². The van der Waals surface area contributed by atoms with Crippen molar-refractivity contribution in [1.29, 1.82) is 0 Å². The average Bonchev–Trinajstić information content (AvgIpc) is 2.19. The third-order valence-electron chi connectivity index (χ3n) is 2.29. The van der Waals surface area contributed by atoms with Crippen LogP contribution in [-0.2, 0) is 0 Å². The van der Waals surface area contributed by atoms with Gasteiger partial charge in [0.05, 0.1) is 16.3 Å². The van der Waals surface area contributed by atoms with Gasteiger partial charge in [-0.15, -0.1) is 0 Å². The molecular weight excluding hydrogens is 220 g/mol. The molecule has 0 aliphatic rings. The Bertz CT molecular complexity index is 406. The first kappa shape index (κ1) is 13.2. The van der Waals surface area contributed by atoms with Crippen molar-refractivity contribution < 1.29 is 4.92 Å². The van der Waals surface area contributed by atoms with Gasteiger partial charge in [-0.2, -0.15) is 0 Å². The number of anilines is 2. The summed E-state index contributed by atoms with van der Waals surface area (Å²) in [6.45, 7) is 2.89. The van der Waals surface area contributed by atoms with Gasteiger partial charge < -0.3 is 16.0 Å². The van der Waals surface area contributed by atoms with Gasteiger partial charge in [-0.25, -0.2) is 0 Å². The third-order valence-corrected chi connectivity index (χ3v) is 2.29. The highest BCUT2D eigenvalue weighted by Crippen LogP contribution is 2.24. The molecule has 0 spiro atoms. The van der Waals surface area contributed by atoms with Crippen LogP contribution in [0.4, 0.5) is 17.1 Å². The summed E-state index contributed by atoms with van der Waals surface area (Å²) in [5, 5.41) is 13.8. The molecule has 0 radical (unpaired) electrons. The summed E-state index contributed by atoms with van der Waals surface area (Å²) in [7, 11) is 3.97. The van der Waals surface area contributed by atoms with Crippen molar-refractivity contribution in [2.24, 2.45) is 0 Å². The monoisotopic (exact) mass is 238 g/mol. The fraction of sp³-hybridized carbons (Fsp3) is 0.455. The molecule has 94 valence electrons. The molecule has 0 aliphatic heterocycles. The maximum Gasteiger partial charge on any atom is 0.271 e. The number of nitro groups is 1. The summed E-state index contributed by atoms with van der Waals surface area (Å²) >= 11 is 0. The van der Waals surface area contributed by atoms with E-state index in [-0.39, 0.29) is 11.7 Å². The number of likely N-dealkylation sites (N-methyl/N-ethyl adjacent to an activating group) is 1. The molecule has 3 N–H and O–H groups in total. The van der Waals surface area contributed by atoms with E-state index in [9.17, 15) is 10.1 Å². The zero-order valence-electron chi connectivity index (χ0n) is 10.3. The van der Waals surface area contributed by atoms with Crippen LogP contribution in [0, 0.1) is 10.1 Å². The van der Waals surface area contributed by atoms with E-state index in [0.29, 0.717) is 5.69 Å². The summed E-state index contributed by atoms with van der Waals surface area (Å²) in [6.07, 6.45) is 0. The number of rotatable bonds is 5. The molecular formula is C11H18N4O2. The minimum Gasteiger partial charge on any atom is -0.397 e. The van der Waals surface area contributed by atoms with E-state index < -0.39 is 4.92 Å². The van der Waals surface area contributed by atoms with E-state index in [1.807, 2.05) is 21.0 Å². The molecule has 1 atom stereocenters. The minimum absolute atomic E-state index is 0.00770. The maximum atomic E-state index is 10.6. The Morgan fingerprint density at radius 2 is 2.18 bits per heavy atom. The van der Waals surface area contributed by atoms with E-state index >= 15 is 0 Å². The molecule has 0 saturated carbocycles. The second-order valence-corrected chi connectivity index (χ2v) is 4.34.